The summed E-state index contributed by atoms with van der Waals surface area (Å²) in [6.45, 7) is -0.0886. The molecule has 0 aliphatic heterocycles. The molecule has 0 saturated carbocycles. The third kappa shape index (κ3) is 4.84. The van der Waals surface area contributed by atoms with Crippen molar-refractivity contribution in [1.29, 1.82) is 0 Å². The van der Waals surface area contributed by atoms with Crippen LogP contribution in [0.25, 0.3) is 0 Å². The second-order valence-electron chi connectivity index (χ2n) is 5.43. The Kier molecular flexibility index (Phi) is 6.05. The molecule has 9 heteroatoms. The van der Waals surface area contributed by atoms with Gasteiger partial charge in [-0.2, -0.15) is 5.10 Å². The van der Waals surface area contributed by atoms with Crippen molar-refractivity contribution in [1.82, 2.24) is 14.8 Å². The Hall–Kier alpha value is -2.90. The van der Waals surface area contributed by atoms with Gasteiger partial charge in [-0.05, 0) is 23.8 Å². The van der Waals surface area contributed by atoms with Crippen molar-refractivity contribution < 1.29 is 14.3 Å². The molecule has 0 saturated heterocycles. The fraction of sp³-hybridized carbons (Fsp3) is 0.111. The Balaban J connectivity index is 1.59. The molecule has 138 valence electrons. The highest BCUT2D eigenvalue weighted by molar-refractivity contribution is 6.32. The predicted molar refractivity (Wildman–Crippen MR) is 101 cm³/mol. The van der Waals surface area contributed by atoms with Gasteiger partial charge in [0.25, 0.3) is 5.91 Å². The molecule has 0 atom stereocenters. The van der Waals surface area contributed by atoms with Crippen LogP contribution in [0.3, 0.4) is 0 Å². The summed E-state index contributed by atoms with van der Waals surface area (Å²) in [5, 5.41) is 7.43. The first-order chi connectivity index (χ1) is 13.0. The Morgan fingerprint density at radius 3 is 2.67 bits per heavy atom. The molecule has 1 aromatic carbocycles. The first-order valence-corrected chi connectivity index (χ1v) is 8.63. The van der Waals surface area contributed by atoms with Crippen LogP contribution in [0.15, 0.2) is 54.9 Å². The van der Waals surface area contributed by atoms with Gasteiger partial charge < -0.3 is 10.1 Å². The highest BCUT2D eigenvalue weighted by Gasteiger charge is 2.15. The van der Waals surface area contributed by atoms with Crippen molar-refractivity contribution in [3.8, 4) is 0 Å². The molecule has 0 unspecified atom stereocenters. The fourth-order valence-electron chi connectivity index (χ4n) is 2.28. The van der Waals surface area contributed by atoms with Gasteiger partial charge in [0.2, 0.25) is 0 Å². The monoisotopic (exact) mass is 404 g/mol. The number of nitrogens with zero attached hydrogens (tertiary/aromatic N) is 3. The van der Waals surface area contributed by atoms with E-state index in [-0.39, 0.29) is 10.7 Å². The van der Waals surface area contributed by atoms with Crippen LogP contribution >= 0.6 is 23.2 Å². The van der Waals surface area contributed by atoms with E-state index in [9.17, 15) is 9.59 Å². The molecule has 0 aliphatic carbocycles. The van der Waals surface area contributed by atoms with Gasteiger partial charge in [-0.3, -0.25) is 4.79 Å². The molecule has 7 nitrogen and oxygen atoms in total. The topological polar surface area (TPSA) is 86.1 Å². The Morgan fingerprint density at radius 1 is 1.07 bits per heavy atom. The van der Waals surface area contributed by atoms with Gasteiger partial charge >= 0.3 is 5.97 Å². The minimum atomic E-state index is -0.729. The minimum Gasteiger partial charge on any atom is -0.452 e. The standard InChI is InChI=1S/C18H14Cl2N4O3/c19-14-6-2-1-4-12(14)10-24-15(7-9-22-24)23-16(25)11-27-18(26)13-5-3-8-21-17(13)20/h1-9H,10-11H2,(H,23,25). The number of benzene rings is 1. The molecule has 3 aromatic rings. The van der Waals surface area contributed by atoms with E-state index in [0.717, 1.165) is 5.56 Å². The third-order valence-corrected chi connectivity index (χ3v) is 4.25. The number of rotatable bonds is 6. The average Bonchev–Trinajstić information content (AvgIpc) is 3.08. The molecule has 27 heavy (non-hydrogen) atoms. The first kappa shape index (κ1) is 18.9. The summed E-state index contributed by atoms with van der Waals surface area (Å²) >= 11 is 12.0. The van der Waals surface area contributed by atoms with Crippen molar-refractivity contribution in [2.75, 3.05) is 11.9 Å². The maximum Gasteiger partial charge on any atom is 0.341 e. The van der Waals surface area contributed by atoms with E-state index in [0.29, 0.717) is 17.4 Å². The van der Waals surface area contributed by atoms with Crippen LogP contribution in [0.5, 0.6) is 0 Å². The molecule has 0 bridgehead atoms. The summed E-state index contributed by atoms with van der Waals surface area (Å²) in [7, 11) is 0. The number of halogens is 2. The summed E-state index contributed by atoms with van der Waals surface area (Å²) in [6, 6.07) is 12.0. The van der Waals surface area contributed by atoms with Gasteiger partial charge in [-0.1, -0.05) is 41.4 Å². The number of hydrogen-bond acceptors (Lipinski definition) is 5. The number of nitrogens with one attached hydrogen (secondary N) is 1. The van der Waals surface area contributed by atoms with Crippen LogP contribution in [0, 0.1) is 0 Å². The molecular weight excluding hydrogens is 391 g/mol. The van der Waals surface area contributed by atoms with Crippen LogP contribution < -0.4 is 5.32 Å². The molecule has 2 aromatic heterocycles. The van der Waals surface area contributed by atoms with E-state index < -0.39 is 18.5 Å². The molecule has 0 fully saturated rings. The van der Waals surface area contributed by atoms with Crippen molar-refractivity contribution in [3.05, 3.63) is 76.2 Å². The normalized spacial score (nSPS) is 10.4. The zero-order chi connectivity index (χ0) is 19.2. The summed E-state index contributed by atoms with van der Waals surface area (Å²) in [6.07, 6.45) is 3.00. The largest absolute Gasteiger partial charge is 0.452 e. The van der Waals surface area contributed by atoms with E-state index in [2.05, 4.69) is 15.4 Å². The lowest BCUT2D eigenvalue weighted by atomic mass is 10.2. The summed E-state index contributed by atoms with van der Waals surface area (Å²) in [5.74, 6) is -0.785. The van der Waals surface area contributed by atoms with Crippen molar-refractivity contribution in [3.63, 3.8) is 0 Å². The van der Waals surface area contributed by atoms with Crippen molar-refractivity contribution in [2.45, 2.75) is 6.54 Å². The SMILES string of the molecule is O=C(COC(=O)c1cccnc1Cl)Nc1ccnn1Cc1ccccc1Cl. The summed E-state index contributed by atoms with van der Waals surface area (Å²) in [4.78, 5) is 27.8. The number of carbonyl (C=O) groups is 2. The number of aromatic nitrogens is 3. The molecule has 0 aliphatic rings. The number of pyridine rings is 1. The van der Waals surface area contributed by atoms with E-state index in [1.807, 2.05) is 18.2 Å². The van der Waals surface area contributed by atoms with E-state index in [1.165, 1.54) is 12.3 Å². The van der Waals surface area contributed by atoms with Crippen LogP contribution in [-0.2, 0) is 16.1 Å². The molecule has 1 N–H and O–H groups in total. The zero-order valence-corrected chi connectivity index (χ0v) is 15.4. The maximum absolute atomic E-state index is 12.1. The van der Waals surface area contributed by atoms with Crippen LogP contribution in [-0.4, -0.2) is 33.2 Å². The lowest BCUT2D eigenvalue weighted by Crippen LogP contribution is -2.23. The first-order valence-electron chi connectivity index (χ1n) is 7.87. The van der Waals surface area contributed by atoms with Crippen LogP contribution in [0.1, 0.15) is 15.9 Å². The minimum absolute atomic E-state index is 0.0146. The van der Waals surface area contributed by atoms with Gasteiger partial charge in [0, 0.05) is 17.3 Å². The summed E-state index contributed by atoms with van der Waals surface area (Å²) < 4.78 is 6.55. The highest BCUT2D eigenvalue weighted by atomic mass is 35.5. The number of carbonyl (C=O) groups excluding carboxylic acids is 2. The van der Waals surface area contributed by atoms with Gasteiger partial charge in [0.1, 0.15) is 11.0 Å². The average molecular weight is 405 g/mol. The number of esters is 1. The third-order valence-electron chi connectivity index (χ3n) is 3.58. The number of ether oxygens (including phenoxy) is 1. The number of amides is 1. The Morgan fingerprint density at radius 2 is 1.89 bits per heavy atom. The Labute approximate surface area is 164 Å². The molecular formula is C18H14Cl2N4O3. The second-order valence-corrected chi connectivity index (χ2v) is 6.20. The molecule has 2 heterocycles. The van der Waals surface area contributed by atoms with Crippen molar-refractivity contribution >= 4 is 40.9 Å². The predicted octanol–water partition coefficient (Wildman–Crippen LogP) is 3.43. The number of hydrogen-bond donors (Lipinski definition) is 1. The quantitative estimate of drug-likeness (QED) is 0.502. The van der Waals surface area contributed by atoms with Gasteiger partial charge in [-0.15, -0.1) is 0 Å². The molecule has 3 rings (SSSR count). The van der Waals surface area contributed by atoms with Gasteiger partial charge in [0.15, 0.2) is 6.61 Å². The molecule has 1 amide bonds. The fourth-order valence-corrected chi connectivity index (χ4v) is 2.67. The van der Waals surface area contributed by atoms with Crippen LogP contribution in [0.2, 0.25) is 10.2 Å². The summed E-state index contributed by atoms with van der Waals surface area (Å²) in [5.41, 5.74) is 0.951. The van der Waals surface area contributed by atoms with E-state index in [1.54, 1.807) is 29.1 Å². The lowest BCUT2D eigenvalue weighted by Gasteiger charge is -2.10. The van der Waals surface area contributed by atoms with E-state index in [4.69, 9.17) is 27.9 Å². The van der Waals surface area contributed by atoms with Gasteiger partial charge in [-0.25, -0.2) is 14.5 Å². The Bertz CT molecular complexity index is 975. The zero-order valence-electron chi connectivity index (χ0n) is 13.9. The molecule has 0 spiro atoms. The van der Waals surface area contributed by atoms with E-state index >= 15 is 0 Å². The maximum atomic E-state index is 12.1. The van der Waals surface area contributed by atoms with Gasteiger partial charge in [0.05, 0.1) is 18.3 Å². The molecule has 0 radical (unpaired) electrons. The van der Waals surface area contributed by atoms with Crippen LogP contribution in [0.4, 0.5) is 5.82 Å². The van der Waals surface area contributed by atoms with Crippen molar-refractivity contribution in [2.24, 2.45) is 0 Å². The second kappa shape index (κ2) is 8.66. The lowest BCUT2D eigenvalue weighted by molar-refractivity contribution is -0.119. The highest BCUT2D eigenvalue weighted by Crippen LogP contribution is 2.18. The number of anilines is 1. The smallest absolute Gasteiger partial charge is 0.341 e.